The number of carbonyl (C=O) groups is 3. The maximum absolute atomic E-state index is 12.8. The van der Waals surface area contributed by atoms with Crippen LogP contribution in [0.4, 0.5) is 0 Å². The van der Waals surface area contributed by atoms with E-state index in [2.05, 4.69) is 0 Å². The minimum atomic E-state index is -2.03. The van der Waals surface area contributed by atoms with Gasteiger partial charge in [0.1, 0.15) is 24.4 Å². The van der Waals surface area contributed by atoms with Gasteiger partial charge in [0.2, 0.25) is 12.0 Å². The molecule has 0 aliphatic carbocycles. The number of phenolic OH excluding ortho intramolecular Hbond substituents is 9. The maximum atomic E-state index is 12.8. The summed E-state index contributed by atoms with van der Waals surface area (Å²) in [5, 5.41) is 109. The molecule has 0 amide bonds. The molecule has 18 heteroatoms. The van der Waals surface area contributed by atoms with Crippen LogP contribution < -0.4 is 0 Å². The molecule has 4 rings (SSSR count). The van der Waals surface area contributed by atoms with Crippen LogP contribution >= 0.6 is 0 Å². The lowest BCUT2D eigenvalue weighted by Crippen LogP contribution is -2.58. The summed E-state index contributed by atoms with van der Waals surface area (Å²) in [4.78, 5) is 37.9. The third-order valence-corrected chi connectivity index (χ3v) is 6.82. The van der Waals surface area contributed by atoms with Gasteiger partial charge in [-0.3, -0.25) is 0 Å². The van der Waals surface area contributed by atoms with Gasteiger partial charge in [0.05, 0.1) is 29.8 Å². The number of aliphatic hydroxyl groups excluding tert-OH is 2. The Balaban J connectivity index is 1.56. The minimum absolute atomic E-state index is 0.449. The summed E-state index contributed by atoms with van der Waals surface area (Å²) in [5.41, 5.74) is -1.60. The first-order valence-corrected chi connectivity index (χ1v) is 12.9. The first-order chi connectivity index (χ1) is 21.6. The molecule has 5 unspecified atom stereocenters. The van der Waals surface area contributed by atoms with Crippen LogP contribution in [-0.4, -0.2) is 112 Å². The molecular formula is C28H26O18. The highest BCUT2D eigenvalue weighted by molar-refractivity contribution is 5.94. The summed E-state index contributed by atoms with van der Waals surface area (Å²) >= 11 is 0. The SMILES string of the molecule is O=C(OCC1OC(OC(=O)c2ccc(O)c(O)c2O)C(O)C(COC(=O)c2cc(O)c(O)c(O)c2)C1O)c1cc(O)c(O)c(O)c1. The fraction of sp³-hybridized carbons (Fsp3) is 0.250. The minimum Gasteiger partial charge on any atom is -0.504 e. The zero-order valence-corrected chi connectivity index (χ0v) is 23.0. The van der Waals surface area contributed by atoms with Crippen LogP contribution in [0.25, 0.3) is 0 Å². The monoisotopic (exact) mass is 650 g/mol. The molecule has 246 valence electrons. The van der Waals surface area contributed by atoms with Crippen LogP contribution in [0.2, 0.25) is 0 Å². The number of rotatable bonds is 8. The number of hydrogen-bond donors (Lipinski definition) is 11. The van der Waals surface area contributed by atoms with Gasteiger partial charge in [0.15, 0.2) is 46.0 Å². The fourth-order valence-electron chi connectivity index (χ4n) is 4.29. The number of phenols is 9. The van der Waals surface area contributed by atoms with Gasteiger partial charge in [-0.25, -0.2) is 14.4 Å². The van der Waals surface area contributed by atoms with Crippen molar-refractivity contribution >= 4 is 17.9 Å². The van der Waals surface area contributed by atoms with Crippen LogP contribution in [0.15, 0.2) is 36.4 Å². The van der Waals surface area contributed by atoms with Crippen molar-refractivity contribution in [3.63, 3.8) is 0 Å². The normalized spacial score (nSPS) is 20.9. The van der Waals surface area contributed by atoms with E-state index in [1.807, 2.05) is 0 Å². The molecule has 0 radical (unpaired) electrons. The number of benzene rings is 3. The Kier molecular flexibility index (Phi) is 9.36. The Hall–Kier alpha value is -5.85. The highest BCUT2D eigenvalue weighted by Gasteiger charge is 2.47. The van der Waals surface area contributed by atoms with Crippen molar-refractivity contribution in [1.29, 1.82) is 0 Å². The number of hydrogen-bond acceptors (Lipinski definition) is 18. The Bertz CT molecular complexity index is 1620. The molecule has 5 atom stereocenters. The molecule has 0 saturated carbocycles. The van der Waals surface area contributed by atoms with E-state index in [1.54, 1.807) is 0 Å². The number of ether oxygens (including phenoxy) is 4. The van der Waals surface area contributed by atoms with Gasteiger partial charge in [-0.2, -0.15) is 0 Å². The smallest absolute Gasteiger partial charge is 0.344 e. The van der Waals surface area contributed by atoms with Crippen molar-refractivity contribution in [2.45, 2.75) is 24.6 Å². The van der Waals surface area contributed by atoms with Crippen LogP contribution in [0.3, 0.4) is 0 Å². The quantitative estimate of drug-likeness (QED) is 0.0866. The molecule has 11 N–H and O–H groups in total. The number of esters is 3. The summed E-state index contributed by atoms with van der Waals surface area (Å²) < 4.78 is 20.7. The van der Waals surface area contributed by atoms with E-state index < -0.39 is 130 Å². The summed E-state index contributed by atoms with van der Waals surface area (Å²) in [5.74, 6) is -13.6. The Morgan fingerprint density at radius 2 is 1.07 bits per heavy atom. The van der Waals surface area contributed by atoms with E-state index in [0.29, 0.717) is 0 Å². The molecule has 0 bridgehead atoms. The lowest BCUT2D eigenvalue weighted by molar-refractivity contribution is -0.276. The van der Waals surface area contributed by atoms with Gasteiger partial charge in [0.25, 0.3) is 0 Å². The first kappa shape index (κ1) is 33.1. The Morgan fingerprint density at radius 1 is 0.587 bits per heavy atom. The highest BCUT2D eigenvalue weighted by Crippen LogP contribution is 2.39. The van der Waals surface area contributed by atoms with Gasteiger partial charge in [-0.1, -0.05) is 0 Å². The van der Waals surface area contributed by atoms with E-state index in [9.17, 15) is 70.6 Å². The second-order valence-electron chi connectivity index (χ2n) is 9.85. The Morgan fingerprint density at radius 3 is 1.57 bits per heavy atom. The van der Waals surface area contributed by atoms with E-state index >= 15 is 0 Å². The Labute approximate surface area is 256 Å². The number of aromatic hydroxyl groups is 9. The standard InChI is InChI=1S/C28H26O18/c29-13-2-1-11(20(35)24(13)39)27(42)46-28-21(36)12(7-43-25(40)9-3-14(30)22(37)15(31)4-9)19(34)18(45-28)8-44-26(41)10-5-16(32)23(38)17(33)6-10/h1-6,12,18-19,21,28-39H,7-8H2. The van der Waals surface area contributed by atoms with Gasteiger partial charge in [-0.15, -0.1) is 0 Å². The molecule has 46 heavy (non-hydrogen) atoms. The van der Waals surface area contributed by atoms with Crippen molar-refractivity contribution in [2.24, 2.45) is 5.92 Å². The molecule has 3 aromatic rings. The third kappa shape index (κ3) is 6.62. The lowest BCUT2D eigenvalue weighted by atomic mass is 9.89. The van der Waals surface area contributed by atoms with Gasteiger partial charge >= 0.3 is 17.9 Å². The van der Waals surface area contributed by atoms with Crippen LogP contribution in [-0.2, 0) is 18.9 Å². The van der Waals surface area contributed by atoms with Gasteiger partial charge in [0, 0.05) is 0 Å². The van der Waals surface area contributed by atoms with Crippen molar-refractivity contribution in [3.8, 4) is 51.7 Å². The zero-order chi connectivity index (χ0) is 34.0. The van der Waals surface area contributed by atoms with Crippen molar-refractivity contribution < 1.29 is 89.5 Å². The van der Waals surface area contributed by atoms with E-state index in [1.165, 1.54) is 0 Å². The predicted molar refractivity (Wildman–Crippen MR) is 144 cm³/mol. The molecule has 18 nitrogen and oxygen atoms in total. The second-order valence-corrected chi connectivity index (χ2v) is 9.85. The second kappa shape index (κ2) is 13.0. The zero-order valence-electron chi connectivity index (χ0n) is 23.0. The first-order valence-electron chi connectivity index (χ1n) is 12.9. The number of carbonyl (C=O) groups excluding carboxylic acids is 3. The molecule has 1 fully saturated rings. The van der Waals surface area contributed by atoms with Crippen molar-refractivity contribution in [3.05, 3.63) is 53.1 Å². The van der Waals surface area contributed by atoms with Crippen LogP contribution in [0.1, 0.15) is 31.1 Å². The predicted octanol–water partition coefficient (Wildman–Crippen LogP) is -0.0293. The molecule has 0 spiro atoms. The van der Waals surface area contributed by atoms with E-state index in [0.717, 1.165) is 36.4 Å². The van der Waals surface area contributed by atoms with Gasteiger partial charge in [-0.05, 0) is 36.4 Å². The molecule has 1 heterocycles. The van der Waals surface area contributed by atoms with Crippen LogP contribution in [0, 0.1) is 5.92 Å². The average molecular weight is 650 g/mol. The van der Waals surface area contributed by atoms with E-state index in [-0.39, 0.29) is 0 Å². The summed E-state index contributed by atoms with van der Waals surface area (Å²) in [7, 11) is 0. The largest absolute Gasteiger partial charge is 0.504 e. The molecule has 1 aliphatic heterocycles. The molecular weight excluding hydrogens is 624 g/mol. The topological polar surface area (TPSA) is 311 Å². The van der Waals surface area contributed by atoms with Crippen molar-refractivity contribution in [1.82, 2.24) is 0 Å². The van der Waals surface area contributed by atoms with Crippen LogP contribution in [0.5, 0.6) is 51.7 Å². The summed E-state index contributed by atoms with van der Waals surface area (Å²) in [6.45, 7) is -1.70. The molecule has 1 saturated heterocycles. The average Bonchev–Trinajstić information content (AvgIpc) is 3.01. The lowest BCUT2D eigenvalue weighted by Gasteiger charge is -2.41. The highest BCUT2D eigenvalue weighted by atomic mass is 16.7. The fourth-order valence-corrected chi connectivity index (χ4v) is 4.29. The van der Waals surface area contributed by atoms with Gasteiger partial charge < -0.3 is 75.1 Å². The molecule has 3 aromatic carbocycles. The summed E-state index contributed by atoms with van der Waals surface area (Å²) in [6.07, 6.45) is -7.49. The number of aliphatic hydroxyl groups is 2. The molecule has 1 aliphatic rings. The summed E-state index contributed by atoms with van der Waals surface area (Å²) in [6, 6.07) is 4.71. The maximum Gasteiger partial charge on any atom is 0.344 e. The third-order valence-electron chi connectivity index (χ3n) is 6.82. The van der Waals surface area contributed by atoms with Crippen molar-refractivity contribution in [2.75, 3.05) is 13.2 Å². The van der Waals surface area contributed by atoms with E-state index in [4.69, 9.17) is 18.9 Å². The molecule has 0 aromatic heterocycles.